The Balaban J connectivity index is 2.15. The molecule has 0 aliphatic rings. The van der Waals surface area contributed by atoms with Crippen molar-refractivity contribution >= 4 is 32.8 Å². The van der Waals surface area contributed by atoms with Gasteiger partial charge in [0.2, 0.25) is 5.88 Å². The maximum absolute atomic E-state index is 14.0. The lowest BCUT2D eigenvalue weighted by Gasteiger charge is -2.10. The summed E-state index contributed by atoms with van der Waals surface area (Å²) < 4.78 is 20.7. The predicted octanol–water partition coefficient (Wildman–Crippen LogP) is 2.67. The summed E-state index contributed by atoms with van der Waals surface area (Å²) in [5.74, 6) is -1.09. The zero-order chi connectivity index (χ0) is 17.3. The Hall–Kier alpha value is -2.61. The minimum Gasteiger partial charge on any atom is -0.405 e. The summed E-state index contributed by atoms with van der Waals surface area (Å²) >= 11 is 3.18. The fraction of sp³-hybridized carbons (Fsp3) is 0.125. The number of fused-ring (bicyclic) bond motifs is 1. The molecule has 0 saturated heterocycles. The molecule has 1 aromatic carbocycles. The van der Waals surface area contributed by atoms with E-state index in [0.717, 1.165) is 4.68 Å². The van der Waals surface area contributed by atoms with Crippen molar-refractivity contribution in [3.63, 3.8) is 0 Å². The summed E-state index contributed by atoms with van der Waals surface area (Å²) in [5.41, 5.74) is -0.123. The van der Waals surface area contributed by atoms with E-state index in [1.165, 1.54) is 19.2 Å². The van der Waals surface area contributed by atoms with Gasteiger partial charge in [0.1, 0.15) is 11.3 Å². The lowest BCUT2D eigenvalue weighted by molar-refractivity contribution is -0.132. The van der Waals surface area contributed by atoms with Gasteiger partial charge >= 0.3 is 5.97 Å². The maximum Gasteiger partial charge on any atom is 0.309 e. The van der Waals surface area contributed by atoms with Crippen molar-refractivity contribution in [1.82, 2.24) is 14.8 Å². The number of benzene rings is 1. The van der Waals surface area contributed by atoms with E-state index in [1.807, 2.05) is 0 Å². The number of carbonyl (C=O) groups excluding carboxylic acids is 1. The molecule has 2 aromatic heterocycles. The summed E-state index contributed by atoms with van der Waals surface area (Å²) in [6.07, 6.45) is 1.45. The normalized spacial score (nSPS) is 10.8. The molecule has 0 N–H and O–H groups in total. The molecule has 122 valence electrons. The molecule has 0 spiro atoms. The first-order valence-electron chi connectivity index (χ1n) is 6.94. The third-order valence-electron chi connectivity index (χ3n) is 3.26. The molecule has 8 heteroatoms. The minimum absolute atomic E-state index is 0.0391. The highest BCUT2D eigenvalue weighted by molar-refractivity contribution is 9.10. The van der Waals surface area contributed by atoms with Crippen molar-refractivity contribution in [3.05, 3.63) is 62.7 Å². The number of rotatable bonds is 3. The van der Waals surface area contributed by atoms with Crippen molar-refractivity contribution in [2.45, 2.75) is 13.5 Å². The number of carbonyl (C=O) groups is 1. The van der Waals surface area contributed by atoms with Crippen LogP contribution < -0.4 is 10.3 Å². The van der Waals surface area contributed by atoms with E-state index in [4.69, 9.17) is 4.74 Å². The molecule has 0 fully saturated rings. The minimum atomic E-state index is -0.576. The lowest BCUT2D eigenvalue weighted by atomic mass is 10.2. The first-order chi connectivity index (χ1) is 11.5. The maximum atomic E-state index is 14.0. The zero-order valence-electron chi connectivity index (χ0n) is 12.5. The van der Waals surface area contributed by atoms with Crippen molar-refractivity contribution in [2.75, 3.05) is 0 Å². The lowest BCUT2D eigenvalue weighted by Crippen LogP contribution is -2.26. The van der Waals surface area contributed by atoms with Gasteiger partial charge in [-0.05, 0) is 24.3 Å². The van der Waals surface area contributed by atoms with Crippen molar-refractivity contribution < 1.29 is 13.9 Å². The topological polar surface area (TPSA) is 74.1 Å². The molecule has 0 saturated carbocycles. The molecule has 24 heavy (non-hydrogen) atoms. The number of hydrogen-bond donors (Lipinski definition) is 0. The van der Waals surface area contributed by atoms with Gasteiger partial charge in [0, 0.05) is 23.2 Å². The van der Waals surface area contributed by atoms with Crippen molar-refractivity contribution in [2.24, 2.45) is 0 Å². The molecular formula is C16H11BrFN3O3. The van der Waals surface area contributed by atoms with Crippen molar-refractivity contribution in [1.29, 1.82) is 0 Å². The van der Waals surface area contributed by atoms with Gasteiger partial charge in [0.15, 0.2) is 0 Å². The molecule has 2 heterocycles. The van der Waals surface area contributed by atoms with Crippen LogP contribution in [0.15, 0.2) is 45.8 Å². The zero-order valence-corrected chi connectivity index (χ0v) is 14.1. The molecule has 3 rings (SSSR count). The molecule has 0 unspecified atom stereocenters. The SMILES string of the molecule is CC(=O)Oc1nn(Cc2ccc(Br)cc2F)c(=O)c2ncccc12. The van der Waals surface area contributed by atoms with Gasteiger partial charge in [-0.25, -0.2) is 9.07 Å². The quantitative estimate of drug-likeness (QED) is 0.641. The van der Waals surface area contributed by atoms with Crippen LogP contribution in [0.5, 0.6) is 5.88 Å². The second kappa shape index (κ2) is 6.48. The van der Waals surface area contributed by atoms with E-state index in [0.29, 0.717) is 9.86 Å². The van der Waals surface area contributed by atoms with Crippen LogP contribution in [0.3, 0.4) is 0 Å². The summed E-state index contributed by atoms with van der Waals surface area (Å²) in [5, 5.41) is 4.37. The predicted molar refractivity (Wildman–Crippen MR) is 88.3 cm³/mol. The molecular weight excluding hydrogens is 381 g/mol. The molecule has 0 aliphatic heterocycles. The van der Waals surface area contributed by atoms with E-state index >= 15 is 0 Å². The Kier molecular flexibility index (Phi) is 4.39. The van der Waals surface area contributed by atoms with E-state index < -0.39 is 17.3 Å². The van der Waals surface area contributed by atoms with Gasteiger partial charge in [-0.2, -0.15) is 0 Å². The van der Waals surface area contributed by atoms with Crippen LogP contribution in [-0.4, -0.2) is 20.7 Å². The summed E-state index contributed by atoms with van der Waals surface area (Å²) in [4.78, 5) is 27.8. The highest BCUT2D eigenvalue weighted by Gasteiger charge is 2.15. The average Bonchev–Trinajstić information content (AvgIpc) is 2.54. The van der Waals surface area contributed by atoms with Crippen molar-refractivity contribution in [3.8, 4) is 5.88 Å². The number of esters is 1. The van der Waals surface area contributed by atoms with Crippen LogP contribution in [0, 0.1) is 5.82 Å². The van der Waals surface area contributed by atoms with Gasteiger partial charge in [-0.1, -0.05) is 22.0 Å². The van der Waals surface area contributed by atoms with Crippen LogP contribution in [-0.2, 0) is 11.3 Å². The van der Waals surface area contributed by atoms with Gasteiger partial charge in [0.25, 0.3) is 5.56 Å². The van der Waals surface area contributed by atoms with Crippen LogP contribution >= 0.6 is 15.9 Å². The van der Waals surface area contributed by atoms with Gasteiger partial charge in [-0.3, -0.25) is 14.6 Å². The van der Waals surface area contributed by atoms with Gasteiger partial charge in [-0.15, -0.1) is 5.10 Å². The molecule has 0 atom stereocenters. The van der Waals surface area contributed by atoms with E-state index in [2.05, 4.69) is 26.0 Å². The highest BCUT2D eigenvalue weighted by Crippen LogP contribution is 2.20. The number of aromatic nitrogens is 3. The van der Waals surface area contributed by atoms with E-state index in [-0.39, 0.29) is 23.5 Å². The Morgan fingerprint density at radius 2 is 2.17 bits per heavy atom. The molecule has 0 aliphatic carbocycles. The Bertz CT molecular complexity index is 1000. The summed E-state index contributed by atoms with van der Waals surface area (Å²) in [6, 6.07) is 7.69. The Morgan fingerprint density at radius 1 is 1.38 bits per heavy atom. The molecule has 3 aromatic rings. The fourth-order valence-corrected chi connectivity index (χ4v) is 2.54. The standard InChI is InChI=1S/C16H11BrFN3O3/c1-9(22)24-15-12-3-2-6-19-14(12)16(23)21(20-15)8-10-4-5-11(17)7-13(10)18/h2-7H,8H2,1H3. The van der Waals surface area contributed by atoms with Crippen LogP contribution in [0.4, 0.5) is 4.39 Å². The Labute approximate surface area is 144 Å². The number of nitrogens with zero attached hydrogens (tertiary/aromatic N) is 3. The Morgan fingerprint density at radius 3 is 2.88 bits per heavy atom. The van der Waals surface area contributed by atoms with Gasteiger partial charge in [0.05, 0.1) is 11.9 Å². The number of pyridine rings is 1. The summed E-state index contributed by atoms with van der Waals surface area (Å²) in [6.45, 7) is 1.12. The number of ether oxygens (including phenoxy) is 1. The van der Waals surface area contributed by atoms with Crippen LogP contribution in [0.1, 0.15) is 12.5 Å². The second-order valence-electron chi connectivity index (χ2n) is 5.00. The largest absolute Gasteiger partial charge is 0.405 e. The molecule has 0 bridgehead atoms. The van der Waals surface area contributed by atoms with E-state index in [1.54, 1.807) is 24.3 Å². The molecule has 0 radical (unpaired) electrons. The second-order valence-corrected chi connectivity index (χ2v) is 5.91. The monoisotopic (exact) mass is 391 g/mol. The molecule has 0 amide bonds. The number of halogens is 2. The van der Waals surface area contributed by atoms with Gasteiger partial charge < -0.3 is 4.74 Å². The third-order valence-corrected chi connectivity index (χ3v) is 3.76. The first kappa shape index (κ1) is 16.3. The van der Waals surface area contributed by atoms with Crippen LogP contribution in [0.25, 0.3) is 10.9 Å². The smallest absolute Gasteiger partial charge is 0.309 e. The fourth-order valence-electron chi connectivity index (χ4n) is 2.21. The summed E-state index contributed by atoms with van der Waals surface area (Å²) in [7, 11) is 0. The average molecular weight is 392 g/mol. The van der Waals surface area contributed by atoms with Crippen LogP contribution in [0.2, 0.25) is 0 Å². The van der Waals surface area contributed by atoms with E-state index in [9.17, 15) is 14.0 Å². The molecule has 6 nitrogen and oxygen atoms in total. The third kappa shape index (κ3) is 3.18. The number of hydrogen-bond acceptors (Lipinski definition) is 5. The first-order valence-corrected chi connectivity index (χ1v) is 7.73. The highest BCUT2D eigenvalue weighted by atomic mass is 79.9.